The van der Waals surface area contributed by atoms with Crippen molar-refractivity contribution < 1.29 is 38.9 Å². The summed E-state index contributed by atoms with van der Waals surface area (Å²) in [5, 5.41) is 19.0. The second kappa shape index (κ2) is 7.83. The van der Waals surface area contributed by atoms with E-state index < -0.39 is 30.4 Å². The molecule has 8 nitrogen and oxygen atoms in total. The van der Waals surface area contributed by atoms with Gasteiger partial charge in [-0.25, -0.2) is 0 Å². The predicted molar refractivity (Wildman–Crippen MR) is 96.2 cm³/mol. The molecule has 0 saturated heterocycles. The van der Waals surface area contributed by atoms with Crippen molar-refractivity contribution in [2.24, 2.45) is 0 Å². The largest absolute Gasteiger partial charge is 0.546 e. The highest BCUT2D eigenvalue weighted by Crippen LogP contribution is 2.24. The topological polar surface area (TPSA) is 127 Å². The van der Waals surface area contributed by atoms with Crippen LogP contribution in [0.4, 0.5) is 19.2 Å². The molecular formula is C18H16O8Si. The van der Waals surface area contributed by atoms with Gasteiger partial charge in [0.15, 0.2) is 0 Å². The minimum absolute atomic E-state index is 0.0214. The van der Waals surface area contributed by atoms with Gasteiger partial charge in [0.1, 0.15) is 11.5 Å². The Morgan fingerprint density at radius 2 is 1.33 bits per heavy atom. The normalized spacial score (nSPS) is 10.7. The van der Waals surface area contributed by atoms with Crippen LogP contribution in [-0.4, -0.2) is 40.7 Å². The summed E-state index contributed by atoms with van der Waals surface area (Å²) >= 11 is 0. The van der Waals surface area contributed by atoms with E-state index in [-0.39, 0.29) is 11.5 Å². The highest BCUT2D eigenvalue weighted by Gasteiger charge is 2.70. The molecule has 9 heteroatoms. The smallest absolute Gasteiger partial charge is 0.484 e. The number of carboxylic acid groups (broad SMARTS) is 2. The van der Waals surface area contributed by atoms with E-state index in [0.717, 1.165) is 5.56 Å². The SMILES string of the molecule is Cc1cccc(OC(=O)[Si](C(=O)O)(C(=O)O)C(=O)Oc2ccccc2)c1C. The average Bonchev–Trinajstić information content (AvgIpc) is 2.59. The Balaban J connectivity index is 2.45. The van der Waals surface area contributed by atoms with Gasteiger partial charge in [-0.15, -0.1) is 0 Å². The van der Waals surface area contributed by atoms with Crippen LogP contribution in [0.5, 0.6) is 11.5 Å². The van der Waals surface area contributed by atoms with Gasteiger partial charge in [0.05, 0.1) is 0 Å². The van der Waals surface area contributed by atoms with Crippen LogP contribution >= 0.6 is 0 Å². The Labute approximate surface area is 155 Å². The summed E-state index contributed by atoms with van der Waals surface area (Å²) in [5.41, 5.74) is -6.19. The van der Waals surface area contributed by atoms with Gasteiger partial charge in [0, 0.05) is 0 Å². The Kier molecular flexibility index (Phi) is 5.76. The molecule has 0 aliphatic heterocycles. The monoisotopic (exact) mass is 388 g/mol. The van der Waals surface area contributed by atoms with Gasteiger partial charge in [0.25, 0.3) is 0 Å². The Morgan fingerprint density at radius 1 is 0.778 bits per heavy atom. The fraction of sp³-hybridized carbons (Fsp3) is 0.111. The number of benzene rings is 2. The van der Waals surface area contributed by atoms with Gasteiger partial charge in [-0.05, 0) is 43.2 Å². The van der Waals surface area contributed by atoms with Crippen LogP contribution in [0.25, 0.3) is 0 Å². The van der Waals surface area contributed by atoms with E-state index in [9.17, 15) is 29.4 Å². The Hall–Kier alpha value is -3.46. The second-order valence-corrected chi connectivity index (χ2v) is 8.82. The number of ether oxygens (including phenoxy) is 2. The standard InChI is InChI=1S/C18H16O8Si/c1-11-7-6-10-14(12(11)2)26-18(24)27(15(19)20,16(21)22)17(23)25-13-8-4-3-5-9-13/h3-10H,1-2H3,(H,19,20)(H,21,22). The van der Waals surface area contributed by atoms with Crippen molar-refractivity contribution in [2.45, 2.75) is 13.8 Å². The van der Waals surface area contributed by atoms with Gasteiger partial charge in [-0.1, -0.05) is 30.3 Å². The van der Waals surface area contributed by atoms with Gasteiger partial charge in [-0.2, -0.15) is 0 Å². The molecule has 2 aromatic carbocycles. The number of hydrogen-bond acceptors (Lipinski definition) is 6. The van der Waals surface area contributed by atoms with Crippen LogP contribution in [0.1, 0.15) is 11.1 Å². The maximum absolute atomic E-state index is 12.6. The molecule has 0 atom stereocenters. The first-order valence-corrected chi connectivity index (χ1v) is 9.73. The maximum atomic E-state index is 12.6. The van der Waals surface area contributed by atoms with E-state index in [1.165, 1.54) is 30.3 Å². The summed E-state index contributed by atoms with van der Waals surface area (Å²) in [7, 11) is -5.45. The molecule has 0 unspecified atom stereocenters. The summed E-state index contributed by atoms with van der Waals surface area (Å²) in [4.78, 5) is 48.6. The van der Waals surface area contributed by atoms with Crippen LogP contribution in [0.15, 0.2) is 48.5 Å². The van der Waals surface area contributed by atoms with Crippen LogP contribution in [0.3, 0.4) is 0 Å². The molecule has 0 amide bonds. The number of carbonyl (C=O) groups is 4. The van der Waals surface area contributed by atoms with E-state index in [2.05, 4.69) is 0 Å². The molecule has 0 spiro atoms. The zero-order valence-corrected chi connectivity index (χ0v) is 15.5. The number of carbonyl (C=O) groups excluding carboxylic acids is 2. The fourth-order valence-corrected chi connectivity index (χ4v) is 3.79. The third-order valence-corrected chi connectivity index (χ3v) is 6.68. The van der Waals surface area contributed by atoms with Crippen molar-refractivity contribution in [3.05, 3.63) is 59.7 Å². The fourth-order valence-electron chi connectivity index (χ4n) is 2.21. The number of para-hydroxylation sites is 1. The second-order valence-electron chi connectivity index (χ2n) is 5.65. The maximum Gasteiger partial charge on any atom is 0.546 e. The minimum Gasteiger partial charge on any atom is -0.484 e. The first-order valence-electron chi connectivity index (χ1n) is 7.73. The van der Waals surface area contributed by atoms with Crippen LogP contribution < -0.4 is 9.47 Å². The molecule has 2 N–H and O–H groups in total. The molecule has 0 aliphatic rings. The predicted octanol–water partition coefficient (Wildman–Crippen LogP) is 4.13. The van der Waals surface area contributed by atoms with E-state index in [1.807, 2.05) is 0 Å². The highest BCUT2D eigenvalue weighted by atomic mass is 28.3. The van der Waals surface area contributed by atoms with E-state index in [0.29, 0.717) is 5.56 Å². The average molecular weight is 388 g/mol. The zero-order valence-electron chi connectivity index (χ0n) is 14.5. The molecule has 0 saturated carbocycles. The lowest BCUT2D eigenvalue weighted by atomic mass is 10.1. The third kappa shape index (κ3) is 3.72. The van der Waals surface area contributed by atoms with E-state index in [1.54, 1.807) is 32.0 Å². The molecule has 0 aromatic heterocycles. The lowest BCUT2D eigenvalue weighted by molar-refractivity contribution is 0.197. The molecule has 140 valence electrons. The van der Waals surface area contributed by atoms with Gasteiger partial charge in [-0.3, -0.25) is 19.2 Å². The molecule has 0 fully saturated rings. The van der Waals surface area contributed by atoms with E-state index in [4.69, 9.17) is 9.47 Å². The molecule has 0 aliphatic carbocycles. The van der Waals surface area contributed by atoms with Crippen LogP contribution in [0, 0.1) is 13.8 Å². The molecule has 2 rings (SSSR count). The summed E-state index contributed by atoms with van der Waals surface area (Å²) in [6.45, 7) is 3.35. The van der Waals surface area contributed by atoms with Crippen LogP contribution in [0.2, 0.25) is 0 Å². The van der Waals surface area contributed by atoms with Gasteiger partial charge in [0.2, 0.25) is 0 Å². The lowest BCUT2D eigenvalue weighted by Crippen LogP contribution is -2.67. The van der Waals surface area contributed by atoms with Gasteiger partial charge < -0.3 is 19.7 Å². The minimum atomic E-state index is -5.45. The zero-order chi connectivity index (χ0) is 20.2. The Bertz CT molecular complexity index is 893. The number of rotatable bonds is 6. The Morgan fingerprint density at radius 3 is 1.89 bits per heavy atom. The third-order valence-electron chi connectivity index (χ3n) is 3.97. The first-order chi connectivity index (χ1) is 12.7. The number of aryl methyl sites for hydroxylation is 1. The molecule has 0 heterocycles. The summed E-state index contributed by atoms with van der Waals surface area (Å²) in [5.74, 6) is -0.103. The summed E-state index contributed by atoms with van der Waals surface area (Å²) in [6.07, 6.45) is 0. The van der Waals surface area contributed by atoms with Gasteiger partial charge >= 0.3 is 30.4 Å². The summed E-state index contributed by atoms with van der Waals surface area (Å²) in [6, 6.07) is 11.9. The van der Waals surface area contributed by atoms with Crippen LogP contribution in [-0.2, 0) is 0 Å². The van der Waals surface area contributed by atoms with Crippen molar-refractivity contribution >= 4 is 30.4 Å². The van der Waals surface area contributed by atoms with Crippen molar-refractivity contribution in [3.63, 3.8) is 0 Å². The molecule has 0 bridgehead atoms. The summed E-state index contributed by atoms with van der Waals surface area (Å²) < 4.78 is 9.91. The molecular weight excluding hydrogens is 372 g/mol. The van der Waals surface area contributed by atoms with Crippen molar-refractivity contribution in [2.75, 3.05) is 0 Å². The highest BCUT2D eigenvalue weighted by molar-refractivity contribution is 7.51. The van der Waals surface area contributed by atoms with E-state index >= 15 is 0 Å². The van der Waals surface area contributed by atoms with Crippen molar-refractivity contribution in [1.29, 1.82) is 0 Å². The first kappa shape index (κ1) is 19.9. The molecule has 0 radical (unpaired) electrons. The van der Waals surface area contributed by atoms with Crippen molar-refractivity contribution in [1.82, 2.24) is 0 Å². The lowest BCUT2D eigenvalue weighted by Gasteiger charge is -2.19. The molecule has 27 heavy (non-hydrogen) atoms. The van der Waals surface area contributed by atoms with Crippen molar-refractivity contribution in [3.8, 4) is 11.5 Å². The molecule has 2 aromatic rings. The quantitative estimate of drug-likeness (QED) is 0.707. The number of hydrogen-bond donors (Lipinski definition) is 2.